The summed E-state index contributed by atoms with van der Waals surface area (Å²) in [6.07, 6.45) is 1.67. The van der Waals surface area contributed by atoms with Crippen LogP contribution in [-0.4, -0.2) is 28.0 Å². The molecule has 24 heavy (non-hydrogen) atoms. The van der Waals surface area contributed by atoms with Crippen LogP contribution >= 0.6 is 11.6 Å². The summed E-state index contributed by atoms with van der Waals surface area (Å²) in [6, 6.07) is 14.6. The van der Waals surface area contributed by atoms with Gasteiger partial charge in [-0.15, -0.1) is 0 Å². The summed E-state index contributed by atoms with van der Waals surface area (Å²) in [5.41, 5.74) is 2.96. The Morgan fingerprint density at radius 1 is 1.17 bits per heavy atom. The molecule has 5 nitrogen and oxygen atoms in total. The number of carbonyl (C=O) groups is 1. The minimum absolute atomic E-state index is 0.152. The number of halogens is 1. The van der Waals surface area contributed by atoms with E-state index in [0.717, 1.165) is 22.6 Å². The topological polar surface area (TPSA) is 64.3 Å². The third kappa shape index (κ3) is 3.41. The number of ether oxygens (including phenoxy) is 1. The van der Waals surface area contributed by atoms with Crippen LogP contribution in [0.15, 0.2) is 54.7 Å². The number of benzene rings is 2. The summed E-state index contributed by atoms with van der Waals surface area (Å²) in [6.45, 7) is 0. The number of hydrogen-bond acceptors (Lipinski definition) is 3. The van der Waals surface area contributed by atoms with E-state index in [1.165, 1.54) is 0 Å². The lowest BCUT2D eigenvalue weighted by molar-refractivity contribution is -0.136. The maximum atomic E-state index is 11.1. The third-order valence-corrected chi connectivity index (χ3v) is 3.85. The smallest absolute Gasteiger partial charge is 0.309 e. The van der Waals surface area contributed by atoms with Crippen LogP contribution in [0.1, 0.15) is 5.69 Å². The van der Waals surface area contributed by atoms with Gasteiger partial charge in [-0.05, 0) is 42.0 Å². The fourth-order valence-corrected chi connectivity index (χ4v) is 2.55. The Labute approximate surface area is 144 Å². The van der Waals surface area contributed by atoms with E-state index >= 15 is 0 Å². The zero-order valence-corrected chi connectivity index (χ0v) is 13.7. The molecule has 1 heterocycles. The lowest BCUT2D eigenvalue weighted by atomic mass is 10.1. The fraction of sp³-hybridized carbons (Fsp3) is 0.111. The highest BCUT2D eigenvalue weighted by Crippen LogP contribution is 2.27. The zero-order chi connectivity index (χ0) is 17.1. The number of nitrogens with zero attached hydrogens (tertiary/aromatic N) is 2. The van der Waals surface area contributed by atoms with Crippen molar-refractivity contribution < 1.29 is 14.6 Å². The van der Waals surface area contributed by atoms with Gasteiger partial charge in [0.1, 0.15) is 5.75 Å². The van der Waals surface area contributed by atoms with E-state index in [-0.39, 0.29) is 6.42 Å². The summed E-state index contributed by atoms with van der Waals surface area (Å²) >= 11 is 5.93. The van der Waals surface area contributed by atoms with Crippen LogP contribution in [-0.2, 0) is 11.2 Å². The molecule has 122 valence electrons. The van der Waals surface area contributed by atoms with E-state index in [1.807, 2.05) is 42.6 Å². The lowest BCUT2D eigenvalue weighted by Gasteiger charge is -2.03. The number of hydrogen-bond donors (Lipinski definition) is 1. The molecule has 0 saturated heterocycles. The molecule has 3 rings (SSSR count). The lowest BCUT2D eigenvalue weighted by Crippen LogP contribution is -2.03. The number of carboxylic acids is 1. The summed E-state index contributed by atoms with van der Waals surface area (Å²) in [7, 11) is 1.60. The van der Waals surface area contributed by atoms with Gasteiger partial charge in [-0.1, -0.05) is 23.7 Å². The molecule has 0 spiro atoms. The summed E-state index contributed by atoms with van der Waals surface area (Å²) in [5.74, 6) is -0.181. The highest BCUT2D eigenvalue weighted by atomic mass is 35.5. The Bertz CT molecular complexity index is 855. The molecule has 1 aromatic heterocycles. The van der Waals surface area contributed by atoms with Crippen LogP contribution < -0.4 is 4.74 Å². The van der Waals surface area contributed by atoms with Crippen molar-refractivity contribution in [3.63, 3.8) is 0 Å². The first-order valence-corrected chi connectivity index (χ1v) is 7.65. The maximum absolute atomic E-state index is 11.1. The number of aliphatic carboxylic acids is 1. The van der Waals surface area contributed by atoms with Crippen LogP contribution in [0.25, 0.3) is 16.8 Å². The first kappa shape index (κ1) is 16.1. The summed E-state index contributed by atoms with van der Waals surface area (Å²) < 4.78 is 6.82. The average Bonchev–Trinajstić information content (AvgIpc) is 2.98. The maximum Gasteiger partial charge on any atom is 0.309 e. The van der Waals surface area contributed by atoms with Gasteiger partial charge in [-0.3, -0.25) is 4.79 Å². The van der Waals surface area contributed by atoms with Crippen molar-refractivity contribution in [1.82, 2.24) is 9.78 Å². The SMILES string of the molecule is COc1ccc(-n2cc(-c3ccc(Cl)cc3)c(CC(=O)O)n2)cc1. The van der Waals surface area contributed by atoms with Crippen molar-refractivity contribution in [2.45, 2.75) is 6.42 Å². The van der Waals surface area contributed by atoms with E-state index in [1.54, 1.807) is 23.9 Å². The quantitative estimate of drug-likeness (QED) is 0.765. The molecule has 0 amide bonds. The van der Waals surface area contributed by atoms with E-state index in [9.17, 15) is 4.79 Å². The Morgan fingerprint density at radius 3 is 2.42 bits per heavy atom. The predicted octanol–water partition coefficient (Wildman–Crippen LogP) is 3.83. The summed E-state index contributed by atoms with van der Waals surface area (Å²) in [5, 5.41) is 14.2. The second kappa shape index (κ2) is 6.76. The molecule has 0 saturated carbocycles. The fourth-order valence-electron chi connectivity index (χ4n) is 2.42. The number of carboxylic acid groups (broad SMARTS) is 1. The minimum atomic E-state index is -0.926. The van der Waals surface area contributed by atoms with Crippen LogP contribution in [0.5, 0.6) is 5.75 Å². The molecule has 0 radical (unpaired) electrons. The van der Waals surface area contributed by atoms with Gasteiger partial charge in [0, 0.05) is 16.8 Å². The molecule has 1 N–H and O–H groups in total. The monoisotopic (exact) mass is 342 g/mol. The molecule has 0 atom stereocenters. The number of rotatable bonds is 5. The molecule has 0 unspecified atom stereocenters. The Hall–Kier alpha value is -2.79. The number of aromatic nitrogens is 2. The van der Waals surface area contributed by atoms with Crippen molar-refractivity contribution in [3.8, 4) is 22.6 Å². The molecule has 0 aliphatic carbocycles. The van der Waals surface area contributed by atoms with Gasteiger partial charge in [0.2, 0.25) is 0 Å². The Kier molecular flexibility index (Phi) is 4.53. The van der Waals surface area contributed by atoms with E-state index in [4.69, 9.17) is 21.4 Å². The molecular formula is C18H15ClN2O3. The van der Waals surface area contributed by atoms with Crippen LogP contribution in [0.2, 0.25) is 5.02 Å². The second-order valence-electron chi connectivity index (χ2n) is 5.21. The van der Waals surface area contributed by atoms with Crippen molar-refractivity contribution in [1.29, 1.82) is 0 Å². The average molecular weight is 343 g/mol. The highest BCUT2D eigenvalue weighted by Gasteiger charge is 2.15. The molecule has 0 aliphatic heterocycles. The molecule has 2 aromatic carbocycles. The van der Waals surface area contributed by atoms with Crippen LogP contribution in [0, 0.1) is 0 Å². The Balaban J connectivity index is 2.04. The third-order valence-electron chi connectivity index (χ3n) is 3.60. The zero-order valence-electron chi connectivity index (χ0n) is 12.9. The summed E-state index contributed by atoms with van der Waals surface area (Å²) in [4.78, 5) is 11.1. The minimum Gasteiger partial charge on any atom is -0.497 e. The first-order chi connectivity index (χ1) is 11.6. The Morgan fingerprint density at radius 2 is 1.83 bits per heavy atom. The largest absolute Gasteiger partial charge is 0.497 e. The van der Waals surface area contributed by atoms with Gasteiger partial charge in [-0.25, -0.2) is 4.68 Å². The normalized spacial score (nSPS) is 10.6. The molecular weight excluding hydrogens is 328 g/mol. The van der Waals surface area contributed by atoms with Crippen LogP contribution in [0.4, 0.5) is 0 Å². The van der Waals surface area contributed by atoms with E-state index < -0.39 is 5.97 Å². The van der Waals surface area contributed by atoms with E-state index in [2.05, 4.69) is 5.10 Å². The highest BCUT2D eigenvalue weighted by molar-refractivity contribution is 6.30. The molecule has 0 fully saturated rings. The molecule has 0 aliphatic rings. The van der Waals surface area contributed by atoms with Gasteiger partial charge in [-0.2, -0.15) is 5.10 Å². The molecule has 0 bridgehead atoms. The molecule has 6 heteroatoms. The van der Waals surface area contributed by atoms with Gasteiger partial charge in [0.05, 0.1) is 24.9 Å². The standard InChI is InChI=1S/C18H15ClN2O3/c1-24-15-8-6-14(7-9-15)21-11-16(17(20-21)10-18(22)23)12-2-4-13(19)5-3-12/h2-9,11H,10H2,1H3,(H,22,23). The van der Waals surface area contributed by atoms with Crippen molar-refractivity contribution >= 4 is 17.6 Å². The van der Waals surface area contributed by atoms with Crippen molar-refractivity contribution in [2.24, 2.45) is 0 Å². The van der Waals surface area contributed by atoms with Crippen molar-refractivity contribution in [3.05, 3.63) is 65.4 Å². The molecule has 3 aromatic rings. The van der Waals surface area contributed by atoms with Crippen molar-refractivity contribution in [2.75, 3.05) is 7.11 Å². The van der Waals surface area contributed by atoms with E-state index in [0.29, 0.717) is 10.7 Å². The van der Waals surface area contributed by atoms with Gasteiger partial charge < -0.3 is 9.84 Å². The van der Waals surface area contributed by atoms with Gasteiger partial charge in [0.15, 0.2) is 0 Å². The van der Waals surface area contributed by atoms with Gasteiger partial charge in [0.25, 0.3) is 0 Å². The second-order valence-corrected chi connectivity index (χ2v) is 5.65. The van der Waals surface area contributed by atoms with Crippen LogP contribution in [0.3, 0.4) is 0 Å². The predicted molar refractivity (Wildman–Crippen MR) is 91.9 cm³/mol. The first-order valence-electron chi connectivity index (χ1n) is 7.27. The number of methoxy groups -OCH3 is 1. The van der Waals surface area contributed by atoms with Gasteiger partial charge >= 0.3 is 5.97 Å².